The number of benzene rings is 1. The van der Waals surface area contributed by atoms with Gasteiger partial charge in [0.25, 0.3) is 0 Å². The predicted octanol–water partition coefficient (Wildman–Crippen LogP) is 2.76. The minimum atomic E-state index is -0.122. The quantitative estimate of drug-likeness (QED) is 0.692. The Bertz CT molecular complexity index is 823. The highest BCUT2D eigenvalue weighted by Crippen LogP contribution is 2.28. The monoisotopic (exact) mass is 314 g/mol. The molecule has 0 atom stereocenters. The van der Waals surface area contributed by atoms with E-state index in [4.69, 9.17) is 0 Å². The van der Waals surface area contributed by atoms with Gasteiger partial charge >= 0.3 is 0 Å². The lowest BCUT2D eigenvalue weighted by atomic mass is 10.3. The maximum absolute atomic E-state index is 11.9. The van der Waals surface area contributed by atoms with Crippen molar-refractivity contribution in [2.24, 2.45) is 0 Å². The molecule has 112 valence electrons. The predicted molar refractivity (Wildman–Crippen MR) is 87.1 cm³/mol. The molecule has 2 aromatic heterocycles. The highest BCUT2D eigenvalue weighted by atomic mass is 32.1. The van der Waals surface area contributed by atoms with E-state index in [-0.39, 0.29) is 18.2 Å². The summed E-state index contributed by atoms with van der Waals surface area (Å²) < 4.78 is 0.904. The summed E-state index contributed by atoms with van der Waals surface area (Å²) in [5.74, 6) is -0.244. The van der Waals surface area contributed by atoms with Crippen molar-refractivity contribution in [1.82, 2.24) is 9.97 Å². The molecule has 2 amide bonds. The number of carbonyl (C=O) groups excluding carboxylic acids is 2. The summed E-state index contributed by atoms with van der Waals surface area (Å²) in [4.78, 5) is 30.4. The molecular formula is C15H14N4O2S. The first kappa shape index (κ1) is 14.3. The minimum Gasteiger partial charge on any atom is -0.365 e. The first-order valence-electron chi connectivity index (χ1n) is 6.70. The van der Waals surface area contributed by atoms with Crippen molar-refractivity contribution in [3.63, 3.8) is 0 Å². The van der Waals surface area contributed by atoms with Crippen molar-refractivity contribution >= 4 is 44.2 Å². The summed E-state index contributed by atoms with van der Waals surface area (Å²) in [7, 11) is 0. The fourth-order valence-electron chi connectivity index (χ4n) is 2.07. The average Bonchev–Trinajstić information content (AvgIpc) is 3.06. The third-order valence-corrected chi connectivity index (χ3v) is 3.90. The molecule has 0 spiro atoms. The zero-order valence-electron chi connectivity index (χ0n) is 11.8. The van der Waals surface area contributed by atoms with E-state index in [1.165, 1.54) is 18.3 Å². The van der Waals surface area contributed by atoms with Gasteiger partial charge < -0.3 is 15.6 Å². The number of H-pyrrole nitrogens is 1. The second-order valence-electron chi connectivity index (χ2n) is 4.80. The molecule has 7 heteroatoms. The number of aromatic nitrogens is 2. The minimum absolute atomic E-state index is 0.122. The molecule has 0 saturated carbocycles. The topological polar surface area (TPSA) is 86.9 Å². The van der Waals surface area contributed by atoms with E-state index in [2.05, 4.69) is 20.6 Å². The van der Waals surface area contributed by atoms with Crippen LogP contribution in [0.2, 0.25) is 0 Å². The van der Waals surface area contributed by atoms with Crippen molar-refractivity contribution in [2.45, 2.75) is 13.3 Å². The third-order valence-electron chi connectivity index (χ3n) is 2.97. The Morgan fingerprint density at radius 2 is 2.14 bits per heavy atom. The Hall–Kier alpha value is -2.67. The van der Waals surface area contributed by atoms with E-state index in [0.717, 1.165) is 15.9 Å². The molecule has 2 heterocycles. The standard InChI is InChI=1S/C15H14N4O2S/c1-9(20)17-11-4-5-12-13(7-11)22-15(18-12)19-14(21)8-10-3-2-6-16-10/h2-7,16H,8H2,1H3,(H,17,20)(H,18,19,21). The first-order valence-corrected chi connectivity index (χ1v) is 7.52. The lowest BCUT2D eigenvalue weighted by molar-refractivity contribution is -0.116. The summed E-state index contributed by atoms with van der Waals surface area (Å²) in [6.07, 6.45) is 2.06. The van der Waals surface area contributed by atoms with Gasteiger partial charge in [-0.25, -0.2) is 4.98 Å². The fourth-order valence-corrected chi connectivity index (χ4v) is 2.99. The molecule has 6 nitrogen and oxygen atoms in total. The Kier molecular flexibility index (Phi) is 3.88. The molecule has 0 saturated heterocycles. The number of amides is 2. The van der Waals surface area contributed by atoms with Crippen LogP contribution < -0.4 is 10.6 Å². The van der Waals surface area contributed by atoms with Crippen LogP contribution in [0.5, 0.6) is 0 Å². The van der Waals surface area contributed by atoms with Gasteiger partial charge in [-0.1, -0.05) is 11.3 Å². The molecule has 3 aromatic rings. The number of aromatic amines is 1. The van der Waals surface area contributed by atoms with Crippen LogP contribution in [0, 0.1) is 0 Å². The molecule has 22 heavy (non-hydrogen) atoms. The summed E-state index contributed by atoms with van der Waals surface area (Å²) in [5, 5.41) is 6.06. The van der Waals surface area contributed by atoms with Crippen molar-refractivity contribution < 1.29 is 9.59 Å². The number of carbonyl (C=O) groups is 2. The number of nitrogens with one attached hydrogen (secondary N) is 3. The first-order chi connectivity index (χ1) is 10.6. The Morgan fingerprint density at radius 1 is 1.27 bits per heavy atom. The van der Waals surface area contributed by atoms with Gasteiger partial charge in [-0.3, -0.25) is 9.59 Å². The van der Waals surface area contributed by atoms with Crippen LogP contribution >= 0.6 is 11.3 Å². The van der Waals surface area contributed by atoms with Crippen molar-refractivity contribution in [3.05, 3.63) is 42.2 Å². The smallest absolute Gasteiger partial charge is 0.232 e. The number of hydrogen-bond acceptors (Lipinski definition) is 4. The Morgan fingerprint density at radius 3 is 2.86 bits per heavy atom. The van der Waals surface area contributed by atoms with Gasteiger partial charge in [0.05, 0.1) is 16.6 Å². The highest BCUT2D eigenvalue weighted by Gasteiger charge is 2.09. The molecule has 3 N–H and O–H groups in total. The van der Waals surface area contributed by atoms with Gasteiger partial charge in [-0.05, 0) is 30.3 Å². The zero-order chi connectivity index (χ0) is 15.5. The van der Waals surface area contributed by atoms with Crippen LogP contribution in [0.4, 0.5) is 10.8 Å². The molecule has 0 aliphatic heterocycles. The molecule has 0 aliphatic rings. The van der Waals surface area contributed by atoms with Crippen LogP contribution in [0.1, 0.15) is 12.6 Å². The number of rotatable bonds is 4. The average molecular weight is 314 g/mol. The molecule has 0 fully saturated rings. The maximum Gasteiger partial charge on any atom is 0.232 e. The number of nitrogens with zero attached hydrogens (tertiary/aromatic N) is 1. The van der Waals surface area contributed by atoms with Crippen LogP contribution in [0.15, 0.2) is 36.5 Å². The van der Waals surface area contributed by atoms with E-state index in [1.807, 2.05) is 24.3 Å². The van der Waals surface area contributed by atoms with Crippen LogP contribution in [0.25, 0.3) is 10.2 Å². The second kappa shape index (κ2) is 5.98. The van der Waals surface area contributed by atoms with Crippen molar-refractivity contribution in [2.75, 3.05) is 10.6 Å². The lowest BCUT2D eigenvalue weighted by Gasteiger charge is -1.99. The number of hydrogen-bond donors (Lipinski definition) is 3. The summed E-state index contributed by atoms with van der Waals surface area (Å²) in [6, 6.07) is 9.15. The fraction of sp³-hybridized carbons (Fsp3) is 0.133. The molecule has 1 aromatic carbocycles. The van der Waals surface area contributed by atoms with Crippen LogP contribution in [0.3, 0.4) is 0 Å². The number of fused-ring (bicyclic) bond motifs is 1. The molecule has 0 aliphatic carbocycles. The lowest BCUT2D eigenvalue weighted by Crippen LogP contribution is -2.14. The summed E-state index contributed by atoms with van der Waals surface area (Å²) in [6.45, 7) is 1.46. The van der Waals surface area contributed by atoms with Crippen molar-refractivity contribution in [3.8, 4) is 0 Å². The van der Waals surface area contributed by atoms with Gasteiger partial charge in [0.15, 0.2) is 5.13 Å². The van der Waals surface area contributed by atoms with E-state index < -0.39 is 0 Å². The normalized spacial score (nSPS) is 10.6. The molecule has 0 radical (unpaired) electrons. The summed E-state index contributed by atoms with van der Waals surface area (Å²) in [5.41, 5.74) is 2.36. The highest BCUT2D eigenvalue weighted by molar-refractivity contribution is 7.22. The third kappa shape index (κ3) is 3.32. The van der Waals surface area contributed by atoms with E-state index >= 15 is 0 Å². The van der Waals surface area contributed by atoms with Gasteiger partial charge in [-0.15, -0.1) is 0 Å². The van der Waals surface area contributed by atoms with Gasteiger partial charge in [0.1, 0.15) is 0 Å². The number of thiazole rings is 1. The Labute approximate surface area is 130 Å². The van der Waals surface area contributed by atoms with Gasteiger partial charge in [0, 0.05) is 24.5 Å². The van der Waals surface area contributed by atoms with E-state index in [1.54, 1.807) is 12.3 Å². The molecule has 3 rings (SSSR count). The molecular weight excluding hydrogens is 300 g/mol. The van der Waals surface area contributed by atoms with E-state index in [9.17, 15) is 9.59 Å². The maximum atomic E-state index is 11.9. The van der Waals surface area contributed by atoms with Crippen LogP contribution in [-0.4, -0.2) is 21.8 Å². The summed E-state index contributed by atoms with van der Waals surface area (Å²) >= 11 is 1.37. The molecule has 0 unspecified atom stereocenters. The van der Waals surface area contributed by atoms with Crippen LogP contribution in [-0.2, 0) is 16.0 Å². The number of anilines is 2. The van der Waals surface area contributed by atoms with E-state index in [0.29, 0.717) is 10.8 Å². The zero-order valence-corrected chi connectivity index (χ0v) is 12.7. The molecule has 0 bridgehead atoms. The van der Waals surface area contributed by atoms with Gasteiger partial charge in [0.2, 0.25) is 11.8 Å². The van der Waals surface area contributed by atoms with Crippen molar-refractivity contribution in [1.29, 1.82) is 0 Å². The van der Waals surface area contributed by atoms with Gasteiger partial charge in [-0.2, -0.15) is 0 Å². The second-order valence-corrected chi connectivity index (χ2v) is 5.83. The largest absolute Gasteiger partial charge is 0.365 e. The SMILES string of the molecule is CC(=O)Nc1ccc2nc(NC(=O)Cc3ccc[nH]3)sc2c1. The Balaban J connectivity index is 1.74.